The van der Waals surface area contributed by atoms with E-state index in [1.807, 2.05) is 7.05 Å². The molecule has 116 valence electrons. The van der Waals surface area contributed by atoms with Crippen LogP contribution in [0.5, 0.6) is 0 Å². The smallest absolute Gasteiger partial charge is 0.327 e. The van der Waals surface area contributed by atoms with E-state index >= 15 is 0 Å². The number of ether oxygens (including phenoxy) is 1. The van der Waals surface area contributed by atoms with E-state index in [2.05, 4.69) is 17.1 Å². The SMILES string of the molecule is CCC1CCCN(CC(NC)(C(=O)OC)C2CC2)CC1. The number of rotatable bonds is 6. The Morgan fingerprint density at radius 3 is 2.60 bits per heavy atom. The summed E-state index contributed by atoms with van der Waals surface area (Å²) in [6, 6.07) is 0. The van der Waals surface area contributed by atoms with Crippen LogP contribution >= 0.6 is 0 Å². The second-order valence-electron chi connectivity index (χ2n) is 6.47. The minimum Gasteiger partial charge on any atom is -0.468 e. The molecule has 0 bridgehead atoms. The van der Waals surface area contributed by atoms with Crippen molar-refractivity contribution in [3.05, 3.63) is 0 Å². The van der Waals surface area contributed by atoms with E-state index in [1.165, 1.54) is 32.8 Å². The summed E-state index contributed by atoms with van der Waals surface area (Å²) in [6.45, 7) is 5.32. The number of carbonyl (C=O) groups excluding carboxylic acids is 1. The van der Waals surface area contributed by atoms with E-state index in [4.69, 9.17) is 4.74 Å². The Morgan fingerprint density at radius 1 is 1.30 bits per heavy atom. The number of nitrogens with zero attached hydrogens (tertiary/aromatic N) is 1. The van der Waals surface area contributed by atoms with Crippen LogP contribution in [0.1, 0.15) is 45.4 Å². The van der Waals surface area contributed by atoms with Crippen LogP contribution in [-0.2, 0) is 9.53 Å². The van der Waals surface area contributed by atoms with Crippen LogP contribution in [-0.4, -0.2) is 50.2 Å². The van der Waals surface area contributed by atoms with Gasteiger partial charge in [0.25, 0.3) is 0 Å². The topological polar surface area (TPSA) is 41.6 Å². The maximum atomic E-state index is 12.3. The molecule has 1 N–H and O–H groups in total. The van der Waals surface area contributed by atoms with Crippen molar-refractivity contribution in [2.75, 3.05) is 33.8 Å². The molecule has 20 heavy (non-hydrogen) atoms. The van der Waals surface area contributed by atoms with Gasteiger partial charge in [-0.15, -0.1) is 0 Å². The Balaban J connectivity index is 2.02. The van der Waals surface area contributed by atoms with E-state index < -0.39 is 5.54 Å². The molecule has 2 atom stereocenters. The second-order valence-corrected chi connectivity index (χ2v) is 6.47. The van der Waals surface area contributed by atoms with Crippen molar-refractivity contribution in [2.45, 2.75) is 51.0 Å². The first kappa shape index (κ1) is 15.8. The van der Waals surface area contributed by atoms with Gasteiger partial charge in [0, 0.05) is 6.54 Å². The molecule has 1 aliphatic carbocycles. The number of esters is 1. The molecule has 0 radical (unpaired) electrons. The van der Waals surface area contributed by atoms with Crippen LogP contribution in [0.3, 0.4) is 0 Å². The fourth-order valence-electron chi connectivity index (χ4n) is 3.65. The van der Waals surface area contributed by atoms with Gasteiger partial charge in [0.15, 0.2) is 0 Å². The average Bonchev–Trinajstić information content (AvgIpc) is 3.31. The number of hydrogen-bond donors (Lipinski definition) is 1. The van der Waals surface area contributed by atoms with E-state index in [-0.39, 0.29) is 5.97 Å². The number of carbonyl (C=O) groups is 1. The van der Waals surface area contributed by atoms with Gasteiger partial charge in [-0.3, -0.25) is 0 Å². The molecule has 1 aliphatic heterocycles. The van der Waals surface area contributed by atoms with Crippen LogP contribution in [0.15, 0.2) is 0 Å². The van der Waals surface area contributed by atoms with Gasteiger partial charge in [0.1, 0.15) is 5.54 Å². The predicted molar refractivity (Wildman–Crippen MR) is 80.6 cm³/mol. The quantitative estimate of drug-likeness (QED) is 0.757. The van der Waals surface area contributed by atoms with E-state index in [0.29, 0.717) is 5.92 Å². The molecule has 2 fully saturated rings. The molecule has 2 rings (SSSR count). The zero-order valence-corrected chi connectivity index (χ0v) is 13.3. The largest absolute Gasteiger partial charge is 0.468 e. The fraction of sp³-hybridized carbons (Fsp3) is 0.938. The average molecular weight is 282 g/mol. The van der Waals surface area contributed by atoms with Crippen molar-refractivity contribution in [3.63, 3.8) is 0 Å². The monoisotopic (exact) mass is 282 g/mol. The zero-order valence-electron chi connectivity index (χ0n) is 13.3. The van der Waals surface area contributed by atoms with Gasteiger partial charge < -0.3 is 15.0 Å². The van der Waals surface area contributed by atoms with Crippen molar-refractivity contribution in [2.24, 2.45) is 11.8 Å². The molecule has 0 spiro atoms. The normalized spacial score (nSPS) is 27.6. The summed E-state index contributed by atoms with van der Waals surface area (Å²) in [4.78, 5) is 14.8. The summed E-state index contributed by atoms with van der Waals surface area (Å²) in [5.74, 6) is 1.23. The Kier molecular flexibility index (Phi) is 5.44. The third-order valence-corrected chi connectivity index (χ3v) is 5.26. The fourth-order valence-corrected chi connectivity index (χ4v) is 3.65. The minimum atomic E-state index is -0.485. The van der Waals surface area contributed by atoms with E-state index in [1.54, 1.807) is 0 Å². The number of likely N-dealkylation sites (N-methyl/N-ethyl adjacent to an activating group) is 1. The third-order valence-electron chi connectivity index (χ3n) is 5.26. The summed E-state index contributed by atoms with van der Waals surface area (Å²) < 4.78 is 5.09. The van der Waals surface area contributed by atoms with Gasteiger partial charge in [-0.05, 0) is 64.1 Å². The van der Waals surface area contributed by atoms with Crippen LogP contribution in [0, 0.1) is 11.8 Å². The number of nitrogens with one attached hydrogen (secondary N) is 1. The Labute approximate surface area is 123 Å². The van der Waals surface area contributed by atoms with E-state index in [0.717, 1.165) is 38.4 Å². The molecular weight excluding hydrogens is 252 g/mol. The Hall–Kier alpha value is -0.610. The summed E-state index contributed by atoms with van der Waals surface area (Å²) in [6.07, 6.45) is 7.42. The van der Waals surface area contributed by atoms with Gasteiger partial charge >= 0.3 is 5.97 Å². The second kappa shape index (κ2) is 6.90. The van der Waals surface area contributed by atoms with Crippen LogP contribution in [0.25, 0.3) is 0 Å². The van der Waals surface area contributed by atoms with Crippen molar-refractivity contribution in [1.82, 2.24) is 10.2 Å². The van der Waals surface area contributed by atoms with Gasteiger partial charge in [-0.1, -0.05) is 13.3 Å². The van der Waals surface area contributed by atoms with Crippen molar-refractivity contribution >= 4 is 5.97 Å². The van der Waals surface area contributed by atoms with Crippen LogP contribution in [0.2, 0.25) is 0 Å². The first-order valence-corrected chi connectivity index (χ1v) is 8.16. The molecule has 2 aliphatic rings. The number of likely N-dealkylation sites (tertiary alicyclic amines) is 1. The molecule has 0 amide bonds. The highest BCUT2D eigenvalue weighted by molar-refractivity contribution is 5.82. The number of hydrogen-bond acceptors (Lipinski definition) is 4. The lowest BCUT2D eigenvalue weighted by molar-refractivity contribution is -0.150. The molecular formula is C16H30N2O2. The van der Waals surface area contributed by atoms with Gasteiger partial charge in [-0.25, -0.2) is 4.79 Å². The lowest BCUT2D eigenvalue weighted by Gasteiger charge is -2.36. The highest BCUT2D eigenvalue weighted by Crippen LogP contribution is 2.41. The van der Waals surface area contributed by atoms with E-state index in [9.17, 15) is 4.79 Å². The molecule has 0 aromatic carbocycles. The molecule has 4 heteroatoms. The van der Waals surface area contributed by atoms with Gasteiger partial charge in [0.05, 0.1) is 7.11 Å². The molecule has 0 aromatic heterocycles. The lowest BCUT2D eigenvalue weighted by Crippen LogP contribution is -2.60. The summed E-state index contributed by atoms with van der Waals surface area (Å²) in [7, 11) is 3.41. The Bertz CT molecular complexity index is 330. The van der Waals surface area contributed by atoms with Crippen LogP contribution in [0.4, 0.5) is 0 Å². The molecule has 1 heterocycles. The molecule has 2 unspecified atom stereocenters. The number of methoxy groups -OCH3 is 1. The minimum absolute atomic E-state index is 0.0845. The molecule has 1 saturated heterocycles. The molecule has 4 nitrogen and oxygen atoms in total. The molecule has 0 aromatic rings. The zero-order chi connectivity index (χ0) is 14.6. The van der Waals surface area contributed by atoms with Crippen molar-refractivity contribution in [1.29, 1.82) is 0 Å². The van der Waals surface area contributed by atoms with Gasteiger partial charge in [0.2, 0.25) is 0 Å². The van der Waals surface area contributed by atoms with Crippen LogP contribution < -0.4 is 5.32 Å². The first-order valence-electron chi connectivity index (χ1n) is 8.16. The standard InChI is InChI=1S/C16H30N2O2/c1-4-13-6-5-10-18(11-9-13)12-16(17-2,14-7-8-14)15(19)20-3/h13-14,17H,4-12H2,1-3H3. The third kappa shape index (κ3) is 3.34. The summed E-state index contributed by atoms with van der Waals surface area (Å²) >= 11 is 0. The highest BCUT2D eigenvalue weighted by atomic mass is 16.5. The van der Waals surface area contributed by atoms with Crippen molar-refractivity contribution in [3.8, 4) is 0 Å². The maximum absolute atomic E-state index is 12.3. The maximum Gasteiger partial charge on any atom is 0.327 e. The lowest BCUT2D eigenvalue weighted by atomic mass is 9.92. The van der Waals surface area contributed by atoms with Gasteiger partial charge in [-0.2, -0.15) is 0 Å². The summed E-state index contributed by atoms with van der Waals surface area (Å²) in [5.41, 5.74) is -0.485. The first-order chi connectivity index (χ1) is 9.66. The summed E-state index contributed by atoms with van der Waals surface area (Å²) in [5, 5.41) is 3.30. The predicted octanol–water partition coefficient (Wildman–Crippen LogP) is 2.04. The highest BCUT2D eigenvalue weighted by Gasteiger charge is 2.51. The van der Waals surface area contributed by atoms with Crippen molar-refractivity contribution < 1.29 is 9.53 Å². The Morgan fingerprint density at radius 2 is 2.05 bits per heavy atom. The molecule has 1 saturated carbocycles.